The van der Waals surface area contributed by atoms with E-state index in [1.165, 1.54) is 6.08 Å². The Hall–Kier alpha value is -0.850. The first-order valence-corrected chi connectivity index (χ1v) is 5.15. The summed E-state index contributed by atoms with van der Waals surface area (Å²) in [4.78, 5) is 0. The molecule has 0 nitrogen and oxygen atoms in total. The maximum absolute atomic E-state index is 13.2. The molecule has 0 heterocycles. The molecule has 0 aliphatic heterocycles. The minimum absolute atomic E-state index is 0.0200. The Labute approximate surface area is 87.2 Å². The lowest BCUT2D eigenvalue weighted by atomic mass is 9.90. The lowest BCUT2D eigenvalue weighted by molar-refractivity contribution is 0.257. The number of allylic oxidation sites excluding steroid dienone is 4. The topological polar surface area (TPSA) is 0 Å². The molecule has 0 radical (unpaired) electrons. The third-order valence-electron chi connectivity index (χ3n) is 2.65. The highest BCUT2D eigenvalue weighted by molar-refractivity contribution is 5.14. The van der Waals surface area contributed by atoms with Crippen molar-refractivity contribution in [2.75, 3.05) is 0 Å². The molecule has 0 saturated carbocycles. The van der Waals surface area contributed by atoms with Crippen LogP contribution >= 0.6 is 0 Å². The van der Waals surface area contributed by atoms with Gasteiger partial charge in [-0.05, 0) is 18.3 Å². The SMILES string of the molecule is C=CC(F)C(C)C(C)/C=C/C(=C)CC. The van der Waals surface area contributed by atoms with Crippen LogP contribution in [0.5, 0.6) is 0 Å². The van der Waals surface area contributed by atoms with Crippen LogP contribution in [0.3, 0.4) is 0 Å². The van der Waals surface area contributed by atoms with Gasteiger partial charge >= 0.3 is 0 Å². The molecule has 80 valence electrons. The first-order valence-electron chi connectivity index (χ1n) is 5.15. The van der Waals surface area contributed by atoms with Crippen LogP contribution in [0.4, 0.5) is 4.39 Å². The standard InChI is InChI=1S/C13H21F/c1-6-10(3)8-9-11(4)12(5)13(14)7-2/h7-9,11-13H,2-3,6H2,1,4-5H3/b9-8+. The van der Waals surface area contributed by atoms with Crippen LogP contribution in [-0.4, -0.2) is 6.17 Å². The molecule has 0 saturated heterocycles. The van der Waals surface area contributed by atoms with Gasteiger partial charge in [-0.3, -0.25) is 0 Å². The molecule has 0 amide bonds. The zero-order valence-corrected chi connectivity index (χ0v) is 9.46. The van der Waals surface area contributed by atoms with Crippen LogP contribution in [0.2, 0.25) is 0 Å². The van der Waals surface area contributed by atoms with Gasteiger partial charge in [-0.15, -0.1) is 6.58 Å². The summed E-state index contributed by atoms with van der Waals surface area (Å²) in [6.07, 6.45) is 5.38. The monoisotopic (exact) mass is 196 g/mol. The summed E-state index contributed by atoms with van der Waals surface area (Å²) in [6, 6.07) is 0. The van der Waals surface area contributed by atoms with Crippen molar-refractivity contribution in [3.63, 3.8) is 0 Å². The molecule has 0 rings (SSSR count). The Kier molecular flexibility index (Phi) is 6.18. The van der Waals surface area contributed by atoms with E-state index in [0.717, 1.165) is 12.0 Å². The van der Waals surface area contributed by atoms with E-state index in [1.807, 2.05) is 26.0 Å². The molecule has 0 aromatic carbocycles. The quantitative estimate of drug-likeness (QED) is 0.439. The van der Waals surface area contributed by atoms with E-state index >= 15 is 0 Å². The van der Waals surface area contributed by atoms with Gasteiger partial charge in [-0.1, -0.05) is 51.2 Å². The Morgan fingerprint density at radius 2 is 2.00 bits per heavy atom. The molecule has 3 unspecified atom stereocenters. The molecule has 0 aliphatic carbocycles. The summed E-state index contributed by atoms with van der Waals surface area (Å²) >= 11 is 0. The van der Waals surface area contributed by atoms with Crippen molar-refractivity contribution in [1.82, 2.24) is 0 Å². The molecule has 14 heavy (non-hydrogen) atoms. The van der Waals surface area contributed by atoms with Crippen molar-refractivity contribution >= 4 is 0 Å². The van der Waals surface area contributed by atoms with E-state index < -0.39 is 6.17 Å². The van der Waals surface area contributed by atoms with E-state index in [4.69, 9.17) is 0 Å². The minimum Gasteiger partial charge on any atom is -0.243 e. The van der Waals surface area contributed by atoms with Crippen molar-refractivity contribution in [3.8, 4) is 0 Å². The van der Waals surface area contributed by atoms with E-state index in [1.54, 1.807) is 0 Å². The summed E-state index contributed by atoms with van der Waals surface area (Å²) in [7, 11) is 0. The average Bonchev–Trinajstić information content (AvgIpc) is 2.22. The summed E-state index contributed by atoms with van der Waals surface area (Å²) in [5.74, 6) is 0.194. The number of halogens is 1. The summed E-state index contributed by atoms with van der Waals surface area (Å²) in [6.45, 7) is 13.3. The lowest BCUT2D eigenvalue weighted by Gasteiger charge is -2.18. The second-order valence-electron chi connectivity index (χ2n) is 3.77. The minimum atomic E-state index is -0.926. The molecule has 0 spiro atoms. The van der Waals surface area contributed by atoms with Crippen molar-refractivity contribution in [1.29, 1.82) is 0 Å². The third-order valence-corrected chi connectivity index (χ3v) is 2.65. The Balaban J connectivity index is 4.19. The van der Waals surface area contributed by atoms with Crippen molar-refractivity contribution in [3.05, 3.63) is 37.0 Å². The number of hydrogen-bond acceptors (Lipinski definition) is 0. The normalized spacial score (nSPS) is 17.7. The number of rotatable bonds is 6. The average molecular weight is 196 g/mol. The van der Waals surface area contributed by atoms with Crippen LogP contribution in [0, 0.1) is 11.8 Å². The fraction of sp³-hybridized carbons (Fsp3) is 0.538. The van der Waals surface area contributed by atoms with Crippen LogP contribution in [0.1, 0.15) is 27.2 Å². The highest BCUT2D eigenvalue weighted by Crippen LogP contribution is 2.20. The number of alkyl halides is 1. The van der Waals surface area contributed by atoms with Gasteiger partial charge in [-0.25, -0.2) is 4.39 Å². The second-order valence-corrected chi connectivity index (χ2v) is 3.77. The Morgan fingerprint density at radius 1 is 1.43 bits per heavy atom. The Bertz CT molecular complexity index is 215. The van der Waals surface area contributed by atoms with Gasteiger partial charge in [0.2, 0.25) is 0 Å². The van der Waals surface area contributed by atoms with Crippen molar-refractivity contribution in [2.45, 2.75) is 33.4 Å². The van der Waals surface area contributed by atoms with Crippen LogP contribution in [0.15, 0.2) is 37.0 Å². The Morgan fingerprint density at radius 3 is 2.43 bits per heavy atom. The summed E-state index contributed by atoms with van der Waals surface area (Å²) < 4.78 is 13.2. The maximum atomic E-state index is 13.2. The fourth-order valence-electron chi connectivity index (χ4n) is 1.09. The molecule has 0 aromatic rings. The first-order chi connectivity index (χ1) is 6.52. The maximum Gasteiger partial charge on any atom is 0.121 e. The smallest absolute Gasteiger partial charge is 0.121 e. The van der Waals surface area contributed by atoms with E-state index in [0.29, 0.717) is 0 Å². The van der Waals surface area contributed by atoms with Gasteiger partial charge in [0.05, 0.1) is 0 Å². The van der Waals surface area contributed by atoms with Crippen LogP contribution in [-0.2, 0) is 0 Å². The molecule has 0 bridgehead atoms. The third kappa shape index (κ3) is 4.40. The summed E-state index contributed by atoms with van der Waals surface area (Å²) in [5.41, 5.74) is 1.08. The molecule has 3 atom stereocenters. The van der Waals surface area contributed by atoms with Crippen LogP contribution in [0.25, 0.3) is 0 Å². The first kappa shape index (κ1) is 13.2. The zero-order valence-electron chi connectivity index (χ0n) is 9.46. The van der Waals surface area contributed by atoms with Crippen molar-refractivity contribution < 1.29 is 4.39 Å². The van der Waals surface area contributed by atoms with E-state index in [9.17, 15) is 4.39 Å². The molecule has 0 aliphatic rings. The highest BCUT2D eigenvalue weighted by Gasteiger charge is 2.17. The van der Waals surface area contributed by atoms with Gasteiger partial charge in [0.15, 0.2) is 0 Å². The molecular weight excluding hydrogens is 175 g/mol. The molecule has 0 aromatic heterocycles. The fourth-order valence-corrected chi connectivity index (χ4v) is 1.09. The van der Waals surface area contributed by atoms with Gasteiger partial charge in [0.1, 0.15) is 6.17 Å². The molecule has 0 N–H and O–H groups in total. The van der Waals surface area contributed by atoms with E-state index in [-0.39, 0.29) is 11.8 Å². The van der Waals surface area contributed by atoms with E-state index in [2.05, 4.69) is 20.1 Å². The van der Waals surface area contributed by atoms with Gasteiger partial charge in [0.25, 0.3) is 0 Å². The second kappa shape index (κ2) is 6.58. The zero-order chi connectivity index (χ0) is 11.1. The molecular formula is C13H21F. The predicted octanol–water partition coefficient (Wildman–Crippen LogP) is 4.31. The predicted molar refractivity (Wildman–Crippen MR) is 62.0 cm³/mol. The summed E-state index contributed by atoms with van der Waals surface area (Å²) in [5, 5.41) is 0. The lowest BCUT2D eigenvalue weighted by Crippen LogP contribution is -2.16. The molecule has 0 fully saturated rings. The largest absolute Gasteiger partial charge is 0.243 e. The molecule has 1 heteroatoms. The van der Waals surface area contributed by atoms with Crippen molar-refractivity contribution in [2.24, 2.45) is 11.8 Å². The van der Waals surface area contributed by atoms with Gasteiger partial charge in [0, 0.05) is 0 Å². The number of hydrogen-bond donors (Lipinski definition) is 0. The van der Waals surface area contributed by atoms with Gasteiger partial charge < -0.3 is 0 Å². The van der Waals surface area contributed by atoms with Gasteiger partial charge in [-0.2, -0.15) is 0 Å². The van der Waals surface area contributed by atoms with Crippen LogP contribution < -0.4 is 0 Å². The highest BCUT2D eigenvalue weighted by atomic mass is 19.1.